The van der Waals surface area contributed by atoms with E-state index in [0.29, 0.717) is 25.5 Å². The number of carbonyl (C=O) groups is 3. The molecule has 3 fully saturated rings. The average Bonchev–Trinajstić information content (AvgIpc) is 3.49. The molecule has 1 N–H and O–H groups in total. The molecule has 1 aromatic carbocycles. The first-order valence-electron chi connectivity index (χ1n) is 10.8. The molecule has 0 radical (unpaired) electrons. The Morgan fingerprint density at radius 3 is 2.67 bits per heavy atom. The van der Waals surface area contributed by atoms with Crippen LogP contribution >= 0.6 is 0 Å². The predicted octanol–water partition coefficient (Wildman–Crippen LogP) is 2.23. The fraction of sp³-hybridized carbons (Fsp3) is 0.591. The largest absolute Gasteiger partial charge is 0.490 e. The van der Waals surface area contributed by atoms with Crippen molar-refractivity contribution in [2.45, 2.75) is 50.6 Å². The van der Waals surface area contributed by atoms with Crippen LogP contribution in [0.25, 0.3) is 0 Å². The summed E-state index contributed by atoms with van der Waals surface area (Å²) in [6.45, 7) is 3.41. The van der Waals surface area contributed by atoms with E-state index in [1.54, 1.807) is 11.8 Å². The number of amides is 4. The van der Waals surface area contributed by atoms with E-state index in [-0.39, 0.29) is 30.3 Å². The molecule has 4 aliphatic rings. The smallest absolute Gasteiger partial charge is 0.325 e. The Hall–Kier alpha value is -2.77. The van der Waals surface area contributed by atoms with E-state index < -0.39 is 11.6 Å². The second-order valence-electron chi connectivity index (χ2n) is 8.80. The Morgan fingerprint density at radius 2 is 1.90 bits per heavy atom. The van der Waals surface area contributed by atoms with Crippen molar-refractivity contribution < 1.29 is 23.9 Å². The van der Waals surface area contributed by atoms with Gasteiger partial charge in [-0.2, -0.15) is 0 Å². The van der Waals surface area contributed by atoms with E-state index in [0.717, 1.165) is 48.3 Å². The highest BCUT2D eigenvalue weighted by atomic mass is 16.5. The lowest BCUT2D eigenvalue weighted by atomic mass is 9.96. The first kappa shape index (κ1) is 19.2. The first-order chi connectivity index (χ1) is 14.5. The van der Waals surface area contributed by atoms with Crippen LogP contribution in [-0.2, 0) is 9.59 Å². The van der Waals surface area contributed by atoms with Gasteiger partial charge in [0.05, 0.1) is 19.3 Å². The molecule has 1 aromatic rings. The molecule has 2 unspecified atom stereocenters. The maximum atomic E-state index is 13.1. The van der Waals surface area contributed by atoms with Crippen LogP contribution < -0.4 is 14.8 Å². The van der Waals surface area contributed by atoms with Gasteiger partial charge in [-0.25, -0.2) is 4.79 Å². The molecular weight excluding hydrogens is 386 g/mol. The van der Waals surface area contributed by atoms with Crippen LogP contribution in [0.4, 0.5) is 4.79 Å². The number of ether oxygens (including phenoxy) is 2. The average molecular weight is 413 g/mol. The second-order valence-corrected chi connectivity index (χ2v) is 8.80. The van der Waals surface area contributed by atoms with Crippen molar-refractivity contribution in [3.05, 3.63) is 23.8 Å². The van der Waals surface area contributed by atoms with E-state index in [1.807, 2.05) is 18.2 Å². The van der Waals surface area contributed by atoms with Gasteiger partial charge in [-0.05, 0) is 56.2 Å². The lowest BCUT2D eigenvalue weighted by Crippen LogP contribution is -2.47. The highest BCUT2D eigenvalue weighted by molar-refractivity contribution is 6.09. The Balaban J connectivity index is 1.32. The van der Waals surface area contributed by atoms with Gasteiger partial charge in [0, 0.05) is 13.0 Å². The van der Waals surface area contributed by atoms with Gasteiger partial charge in [0.1, 0.15) is 12.1 Å². The van der Waals surface area contributed by atoms with Crippen LogP contribution in [0, 0.1) is 5.92 Å². The van der Waals surface area contributed by atoms with Gasteiger partial charge in [0.15, 0.2) is 11.5 Å². The van der Waals surface area contributed by atoms with Crippen molar-refractivity contribution in [3.8, 4) is 11.5 Å². The number of urea groups is 1. The lowest BCUT2D eigenvalue weighted by Gasteiger charge is -2.27. The minimum atomic E-state index is -0.865. The molecule has 0 spiro atoms. The molecule has 4 amide bonds. The summed E-state index contributed by atoms with van der Waals surface area (Å²) < 4.78 is 11.5. The van der Waals surface area contributed by atoms with Crippen LogP contribution in [0.15, 0.2) is 18.2 Å². The highest BCUT2D eigenvalue weighted by Gasteiger charge is 2.56. The van der Waals surface area contributed by atoms with Crippen LogP contribution in [-0.4, -0.2) is 59.5 Å². The van der Waals surface area contributed by atoms with Gasteiger partial charge in [0.25, 0.3) is 5.91 Å². The maximum absolute atomic E-state index is 13.1. The second kappa shape index (κ2) is 7.18. The summed E-state index contributed by atoms with van der Waals surface area (Å²) in [5, 5.41) is 2.81. The molecule has 2 saturated heterocycles. The minimum Gasteiger partial charge on any atom is -0.490 e. The predicted molar refractivity (Wildman–Crippen MR) is 107 cm³/mol. The molecule has 2 atom stereocenters. The standard InChI is InChI=1S/C22H27N3O5/c1-22(15-6-7-15)20(27)25(21(28)23-22)13-19(26)24-9-2-4-16(24)14-5-8-17-18(12-14)30-11-3-10-29-17/h5,8,12,15-16H,2-4,6-7,9-11,13H2,1H3,(H,23,28). The van der Waals surface area contributed by atoms with Gasteiger partial charge in [-0.1, -0.05) is 6.07 Å². The molecule has 1 saturated carbocycles. The van der Waals surface area contributed by atoms with Crippen molar-refractivity contribution in [1.29, 1.82) is 0 Å². The zero-order valence-electron chi connectivity index (χ0n) is 17.2. The van der Waals surface area contributed by atoms with Crippen LogP contribution in [0.1, 0.15) is 50.6 Å². The maximum Gasteiger partial charge on any atom is 0.325 e. The molecule has 8 nitrogen and oxygen atoms in total. The van der Waals surface area contributed by atoms with E-state index in [9.17, 15) is 14.4 Å². The number of hydrogen-bond donors (Lipinski definition) is 1. The molecular formula is C22H27N3O5. The summed E-state index contributed by atoms with van der Waals surface area (Å²) in [6.07, 6.45) is 4.42. The molecule has 0 bridgehead atoms. The minimum absolute atomic E-state index is 0.0924. The number of imide groups is 1. The van der Waals surface area contributed by atoms with Gasteiger partial charge >= 0.3 is 6.03 Å². The quantitative estimate of drug-likeness (QED) is 0.765. The number of carbonyl (C=O) groups excluding carboxylic acids is 3. The Labute approximate surface area is 175 Å². The number of nitrogens with zero attached hydrogens (tertiary/aromatic N) is 2. The van der Waals surface area contributed by atoms with Gasteiger partial charge < -0.3 is 19.7 Å². The molecule has 30 heavy (non-hydrogen) atoms. The molecule has 8 heteroatoms. The Bertz CT molecular complexity index is 899. The summed E-state index contributed by atoms with van der Waals surface area (Å²) >= 11 is 0. The molecule has 3 aliphatic heterocycles. The number of nitrogens with one attached hydrogen (secondary N) is 1. The zero-order chi connectivity index (χ0) is 20.9. The molecule has 0 aromatic heterocycles. The van der Waals surface area contributed by atoms with Crippen molar-refractivity contribution in [3.63, 3.8) is 0 Å². The fourth-order valence-corrected chi connectivity index (χ4v) is 4.82. The number of fused-ring (bicyclic) bond motifs is 1. The number of hydrogen-bond acceptors (Lipinski definition) is 5. The van der Waals surface area contributed by atoms with Crippen LogP contribution in [0.3, 0.4) is 0 Å². The monoisotopic (exact) mass is 413 g/mol. The van der Waals surface area contributed by atoms with Gasteiger partial charge in [-0.15, -0.1) is 0 Å². The zero-order valence-corrected chi connectivity index (χ0v) is 17.2. The normalized spacial score (nSPS) is 28.5. The van der Waals surface area contributed by atoms with Crippen molar-refractivity contribution in [2.24, 2.45) is 5.92 Å². The van der Waals surface area contributed by atoms with Crippen LogP contribution in [0.2, 0.25) is 0 Å². The lowest BCUT2D eigenvalue weighted by molar-refractivity contribution is -0.139. The summed E-state index contributed by atoms with van der Waals surface area (Å²) in [5.74, 6) is 1.13. The molecule has 5 rings (SSSR count). The van der Waals surface area contributed by atoms with Crippen molar-refractivity contribution in [2.75, 3.05) is 26.3 Å². The van der Waals surface area contributed by atoms with Gasteiger partial charge in [0.2, 0.25) is 5.91 Å². The topological polar surface area (TPSA) is 88.2 Å². The number of rotatable bonds is 4. The van der Waals surface area contributed by atoms with Gasteiger partial charge in [-0.3, -0.25) is 14.5 Å². The number of likely N-dealkylation sites (tertiary alicyclic amines) is 1. The number of benzene rings is 1. The van der Waals surface area contributed by atoms with Crippen LogP contribution in [0.5, 0.6) is 11.5 Å². The Kier molecular flexibility index (Phi) is 4.60. The third kappa shape index (κ3) is 3.18. The summed E-state index contributed by atoms with van der Waals surface area (Å²) in [6, 6.07) is 5.27. The summed E-state index contributed by atoms with van der Waals surface area (Å²) in [4.78, 5) is 41.3. The summed E-state index contributed by atoms with van der Waals surface area (Å²) in [7, 11) is 0. The molecule has 1 aliphatic carbocycles. The van der Waals surface area contributed by atoms with E-state index in [4.69, 9.17) is 9.47 Å². The van der Waals surface area contributed by atoms with Crippen molar-refractivity contribution in [1.82, 2.24) is 15.1 Å². The fourth-order valence-electron chi connectivity index (χ4n) is 4.82. The van der Waals surface area contributed by atoms with Crippen molar-refractivity contribution >= 4 is 17.8 Å². The summed E-state index contributed by atoms with van der Waals surface area (Å²) in [5.41, 5.74) is 0.126. The highest BCUT2D eigenvalue weighted by Crippen LogP contribution is 2.43. The SMILES string of the molecule is CC1(C2CC2)NC(=O)N(CC(=O)N2CCCC2c2ccc3c(c2)OCCCO3)C1=O. The molecule has 160 valence electrons. The third-order valence-corrected chi connectivity index (χ3v) is 6.72. The van der Waals surface area contributed by atoms with E-state index in [2.05, 4.69) is 5.32 Å². The van der Waals surface area contributed by atoms with E-state index >= 15 is 0 Å². The molecule has 3 heterocycles. The Morgan fingerprint density at radius 1 is 1.13 bits per heavy atom. The first-order valence-corrected chi connectivity index (χ1v) is 10.8. The van der Waals surface area contributed by atoms with E-state index in [1.165, 1.54) is 0 Å². The third-order valence-electron chi connectivity index (χ3n) is 6.72.